The number of carbonyl (C=O) groups is 1. The number of likely N-dealkylation sites (tertiary alicyclic amines) is 1. The molecule has 0 aliphatic carbocycles. The van der Waals surface area contributed by atoms with Gasteiger partial charge in [0.2, 0.25) is 0 Å². The van der Waals surface area contributed by atoms with Crippen LogP contribution in [0.25, 0.3) is 0 Å². The van der Waals surface area contributed by atoms with Crippen molar-refractivity contribution in [2.75, 3.05) is 6.54 Å². The molecule has 0 saturated carbocycles. The smallest absolute Gasteiger partial charge is 0.254 e. The summed E-state index contributed by atoms with van der Waals surface area (Å²) >= 11 is 5.90. The van der Waals surface area contributed by atoms with E-state index in [9.17, 15) is 4.79 Å². The van der Waals surface area contributed by atoms with Crippen LogP contribution in [0, 0.1) is 0 Å². The lowest BCUT2D eigenvalue weighted by Crippen LogP contribution is -2.48. The Morgan fingerprint density at radius 1 is 1.53 bits per heavy atom. The van der Waals surface area contributed by atoms with Gasteiger partial charge in [-0.3, -0.25) is 4.79 Å². The van der Waals surface area contributed by atoms with Crippen molar-refractivity contribution in [1.29, 1.82) is 0 Å². The van der Waals surface area contributed by atoms with Crippen LogP contribution < -0.4 is 5.73 Å². The molecule has 0 spiro atoms. The van der Waals surface area contributed by atoms with Gasteiger partial charge in [-0.1, -0.05) is 17.7 Å². The first-order valence-corrected chi connectivity index (χ1v) is 6.28. The lowest BCUT2D eigenvalue weighted by molar-refractivity contribution is 0.0619. The van der Waals surface area contributed by atoms with Gasteiger partial charge < -0.3 is 10.6 Å². The number of nitrogens with two attached hydrogens (primary N) is 1. The molecule has 0 bridgehead atoms. The Morgan fingerprint density at radius 2 is 2.29 bits per heavy atom. The highest BCUT2D eigenvalue weighted by Gasteiger charge is 2.27. The molecular formula is C13H17ClN2O. The van der Waals surface area contributed by atoms with Crippen LogP contribution in [0.5, 0.6) is 0 Å². The van der Waals surface area contributed by atoms with E-state index in [0.29, 0.717) is 10.6 Å². The van der Waals surface area contributed by atoms with E-state index in [1.54, 1.807) is 24.3 Å². The summed E-state index contributed by atoms with van der Waals surface area (Å²) in [6.45, 7) is 2.77. The minimum atomic E-state index is 0.0481. The third kappa shape index (κ3) is 2.79. The van der Waals surface area contributed by atoms with Crippen LogP contribution in [0.15, 0.2) is 24.3 Å². The molecular weight excluding hydrogens is 236 g/mol. The fourth-order valence-corrected chi connectivity index (χ4v) is 2.49. The summed E-state index contributed by atoms with van der Waals surface area (Å²) in [5, 5.41) is 0.595. The molecule has 0 aromatic heterocycles. The molecule has 2 rings (SSSR count). The number of hydrogen-bond acceptors (Lipinski definition) is 2. The number of nitrogens with zero attached hydrogens (tertiary/aromatic N) is 1. The van der Waals surface area contributed by atoms with Gasteiger partial charge in [0.05, 0.1) is 0 Å². The van der Waals surface area contributed by atoms with Gasteiger partial charge in [-0.25, -0.2) is 0 Å². The summed E-state index contributed by atoms with van der Waals surface area (Å²) in [5.41, 5.74) is 6.54. The van der Waals surface area contributed by atoms with Gasteiger partial charge in [0.1, 0.15) is 0 Å². The number of halogens is 1. The Bertz CT molecular complexity index is 422. The molecule has 1 aromatic rings. The van der Waals surface area contributed by atoms with Crippen LogP contribution in [-0.4, -0.2) is 29.4 Å². The normalized spacial score (nSPS) is 24.8. The maximum absolute atomic E-state index is 12.3. The highest BCUT2D eigenvalue weighted by molar-refractivity contribution is 6.30. The van der Waals surface area contributed by atoms with Crippen molar-refractivity contribution in [3.63, 3.8) is 0 Å². The van der Waals surface area contributed by atoms with E-state index in [1.807, 2.05) is 11.8 Å². The van der Waals surface area contributed by atoms with Crippen LogP contribution >= 0.6 is 11.6 Å². The van der Waals surface area contributed by atoms with E-state index in [4.69, 9.17) is 17.3 Å². The van der Waals surface area contributed by atoms with Crippen LogP contribution in [-0.2, 0) is 0 Å². The molecule has 2 unspecified atom stereocenters. The number of hydrogen-bond donors (Lipinski definition) is 1. The van der Waals surface area contributed by atoms with E-state index >= 15 is 0 Å². The van der Waals surface area contributed by atoms with Crippen molar-refractivity contribution in [2.45, 2.75) is 31.8 Å². The molecule has 1 saturated heterocycles. The average molecular weight is 253 g/mol. The van der Waals surface area contributed by atoms with Crippen molar-refractivity contribution >= 4 is 17.5 Å². The SMILES string of the molecule is CC1CC(N)CCN1C(=O)c1cccc(Cl)c1. The zero-order chi connectivity index (χ0) is 12.4. The van der Waals surface area contributed by atoms with E-state index < -0.39 is 0 Å². The van der Waals surface area contributed by atoms with Gasteiger partial charge in [0, 0.05) is 29.2 Å². The second-order valence-corrected chi connectivity index (χ2v) is 5.08. The van der Waals surface area contributed by atoms with Gasteiger partial charge in [-0.05, 0) is 38.0 Å². The Balaban J connectivity index is 2.15. The van der Waals surface area contributed by atoms with Crippen LogP contribution in [0.1, 0.15) is 30.1 Å². The van der Waals surface area contributed by atoms with Crippen molar-refractivity contribution in [3.05, 3.63) is 34.9 Å². The maximum atomic E-state index is 12.3. The van der Waals surface area contributed by atoms with Crippen molar-refractivity contribution in [2.24, 2.45) is 5.73 Å². The Kier molecular flexibility index (Phi) is 3.69. The van der Waals surface area contributed by atoms with Crippen LogP contribution in [0.4, 0.5) is 0 Å². The molecule has 0 radical (unpaired) electrons. The van der Waals surface area contributed by atoms with Gasteiger partial charge >= 0.3 is 0 Å². The minimum absolute atomic E-state index is 0.0481. The van der Waals surface area contributed by atoms with Gasteiger partial charge in [0.25, 0.3) is 5.91 Å². The van der Waals surface area contributed by atoms with E-state index in [2.05, 4.69) is 0 Å². The number of benzene rings is 1. The lowest BCUT2D eigenvalue weighted by Gasteiger charge is -2.36. The van der Waals surface area contributed by atoms with Crippen molar-refractivity contribution in [3.8, 4) is 0 Å². The predicted octanol–water partition coefficient (Wildman–Crippen LogP) is 2.29. The molecule has 1 aliphatic heterocycles. The van der Waals surface area contributed by atoms with Crippen molar-refractivity contribution in [1.82, 2.24) is 4.90 Å². The average Bonchev–Trinajstić information content (AvgIpc) is 2.28. The minimum Gasteiger partial charge on any atom is -0.336 e. The Hall–Kier alpha value is -1.06. The molecule has 2 atom stereocenters. The topological polar surface area (TPSA) is 46.3 Å². The van der Waals surface area contributed by atoms with Gasteiger partial charge in [-0.15, -0.1) is 0 Å². The third-order valence-corrected chi connectivity index (χ3v) is 3.48. The number of rotatable bonds is 1. The number of carbonyl (C=O) groups excluding carboxylic acids is 1. The molecule has 2 N–H and O–H groups in total. The third-order valence-electron chi connectivity index (χ3n) is 3.25. The van der Waals surface area contributed by atoms with E-state index in [-0.39, 0.29) is 18.0 Å². The van der Waals surface area contributed by atoms with Crippen LogP contribution in [0.3, 0.4) is 0 Å². The summed E-state index contributed by atoms with van der Waals surface area (Å²) in [5.74, 6) is 0.0481. The highest BCUT2D eigenvalue weighted by atomic mass is 35.5. The van der Waals surface area contributed by atoms with E-state index in [0.717, 1.165) is 19.4 Å². The first-order valence-electron chi connectivity index (χ1n) is 5.90. The van der Waals surface area contributed by atoms with E-state index in [1.165, 1.54) is 0 Å². The van der Waals surface area contributed by atoms with Crippen molar-refractivity contribution < 1.29 is 4.79 Å². The molecule has 1 amide bonds. The second kappa shape index (κ2) is 5.07. The second-order valence-electron chi connectivity index (χ2n) is 4.64. The van der Waals surface area contributed by atoms with Gasteiger partial charge in [-0.2, -0.15) is 0 Å². The molecule has 92 valence electrons. The monoisotopic (exact) mass is 252 g/mol. The first-order chi connectivity index (χ1) is 8.08. The molecule has 1 heterocycles. The summed E-state index contributed by atoms with van der Waals surface area (Å²) in [4.78, 5) is 14.2. The maximum Gasteiger partial charge on any atom is 0.254 e. The molecule has 17 heavy (non-hydrogen) atoms. The number of piperidine rings is 1. The molecule has 1 fully saturated rings. The number of amides is 1. The fourth-order valence-electron chi connectivity index (χ4n) is 2.30. The Labute approximate surface area is 107 Å². The van der Waals surface area contributed by atoms with Gasteiger partial charge in [0.15, 0.2) is 0 Å². The summed E-state index contributed by atoms with van der Waals surface area (Å²) in [6, 6.07) is 7.50. The zero-order valence-electron chi connectivity index (χ0n) is 9.90. The summed E-state index contributed by atoms with van der Waals surface area (Å²) in [7, 11) is 0. The largest absolute Gasteiger partial charge is 0.336 e. The predicted molar refractivity (Wildman–Crippen MR) is 69.2 cm³/mol. The standard InChI is InChI=1S/C13H17ClN2O/c1-9-7-12(15)5-6-16(9)13(17)10-3-2-4-11(14)8-10/h2-4,8-9,12H,5-7,15H2,1H3. The molecule has 4 heteroatoms. The molecule has 1 aromatic carbocycles. The summed E-state index contributed by atoms with van der Waals surface area (Å²) in [6.07, 6.45) is 1.74. The molecule has 1 aliphatic rings. The quantitative estimate of drug-likeness (QED) is 0.834. The van der Waals surface area contributed by atoms with Crippen LogP contribution in [0.2, 0.25) is 5.02 Å². The Morgan fingerprint density at radius 3 is 2.94 bits per heavy atom. The lowest BCUT2D eigenvalue weighted by atomic mass is 9.98. The fraction of sp³-hybridized carbons (Fsp3) is 0.462. The first kappa shape index (κ1) is 12.4. The summed E-state index contributed by atoms with van der Waals surface area (Å²) < 4.78 is 0. The zero-order valence-corrected chi connectivity index (χ0v) is 10.7. The molecule has 3 nitrogen and oxygen atoms in total. The highest BCUT2D eigenvalue weighted by Crippen LogP contribution is 2.20.